The molecule has 0 radical (unpaired) electrons. The summed E-state index contributed by atoms with van der Waals surface area (Å²) in [5, 5.41) is 28.6. The lowest BCUT2D eigenvalue weighted by molar-refractivity contribution is -0.137. The number of Topliss-reactive ketones (excluding diaryl/α,β-unsaturated/α-hetero) is 1. The quantitative estimate of drug-likeness (QED) is 0.371. The predicted molar refractivity (Wildman–Crippen MR) is 97.2 cm³/mol. The van der Waals surface area contributed by atoms with Gasteiger partial charge in [0.25, 0.3) is 0 Å². The van der Waals surface area contributed by atoms with Crippen molar-refractivity contribution >= 4 is 11.8 Å². The van der Waals surface area contributed by atoms with E-state index in [0.29, 0.717) is 36.8 Å². The molecule has 2 unspecified atom stereocenters. The van der Waals surface area contributed by atoms with Crippen LogP contribution in [0.15, 0.2) is 35.5 Å². The summed E-state index contributed by atoms with van der Waals surface area (Å²) in [5.74, 6) is -0.877. The Balaban J connectivity index is 2.60. The molecule has 0 aromatic carbocycles. The number of carbonyl (C=O) groups excluding carboxylic acids is 1. The average Bonchev–Trinajstić information content (AvgIpc) is 2.82. The van der Waals surface area contributed by atoms with Crippen LogP contribution in [-0.2, 0) is 9.59 Å². The van der Waals surface area contributed by atoms with E-state index in [-0.39, 0.29) is 18.6 Å². The lowest BCUT2D eigenvalue weighted by Crippen LogP contribution is -2.06. The maximum Gasteiger partial charge on any atom is 0.303 e. The largest absolute Gasteiger partial charge is 0.481 e. The van der Waals surface area contributed by atoms with Crippen molar-refractivity contribution in [3.63, 3.8) is 0 Å². The average molecular weight is 350 g/mol. The molecule has 0 amide bonds. The first kappa shape index (κ1) is 21.3. The molecule has 0 aromatic heterocycles. The van der Waals surface area contributed by atoms with Crippen molar-refractivity contribution in [2.75, 3.05) is 0 Å². The van der Waals surface area contributed by atoms with Crippen molar-refractivity contribution in [3.05, 3.63) is 35.5 Å². The molecule has 5 heteroatoms. The predicted octanol–water partition coefficient (Wildman–Crippen LogP) is 3.32. The molecule has 0 saturated heterocycles. The Morgan fingerprint density at radius 2 is 2.04 bits per heavy atom. The van der Waals surface area contributed by atoms with Crippen molar-refractivity contribution in [3.8, 4) is 0 Å². The van der Waals surface area contributed by atoms with Gasteiger partial charge in [-0.3, -0.25) is 9.59 Å². The number of carboxylic acids is 1. The van der Waals surface area contributed by atoms with Gasteiger partial charge in [0.15, 0.2) is 5.78 Å². The number of hydrogen-bond donors (Lipinski definition) is 3. The first-order chi connectivity index (χ1) is 12.0. The number of aliphatic hydroxyl groups is 2. The fourth-order valence-electron chi connectivity index (χ4n) is 2.82. The fourth-order valence-corrected chi connectivity index (χ4v) is 2.82. The van der Waals surface area contributed by atoms with Crippen LogP contribution in [0.2, 0.25) is 0 Å². The number of hydrogen-bond acceptors (Lipinski definition) is 4. The Morgan fingerprint density at radius 3 is 2.72 bits per heavy atom. The van der Waals surface area contributed by atoms with Gasteiger partial charge in [0.2, 0.25) is 0 Å². The minimum atomic E-state index is -0.810. The Kier molecular flexibility index (Phi) is 10.0. The molecule has 140 valence electrons. The molecule has 1 aliphatic carbocycles. The fraction of sp³-hybridized carbons (Fsp3) is 0.600. The van der Waals surface area contributed by atoms with E-state index >= 15 is 0 Å². The molecule has 1 rings (SSSR count). The molecule has 3 N–H and O–H groups in total. The number of aliphatic carboxylic acids is 1. The minimum absolute atomic E-state index is 0.0668. The normalized spacial score (nSPS) is 19.5. The zero-order valence-electron chi connectivity index (χ0n) is 15.0. The van der Waals surface area contributed by atoms with E-state index in [2.05, 4.69) is 6.92 Å². The maximum absolute atomic E-state index is 12.0. The third kappa shape index (κ3) is 8.27. The standard InChI is InChI=1S/C20H30O5/c1-2-3-6-9-15(21)12-13-17-16(18(22)14-19(17)23)10-7-4-5-8-11-20(24)25/h4,7,12-13,15,19,21,23H,2-3,5-6,8-11,14H2,1H3,(H,24,25)/b7-4-,13-12+. The molecule has 0 aliphatic heterocycles. The third-order valence-electron chi connectivity index (χ3n) is 4.27. The molecule has 0 saturated carbocycles. The van der Waals surface area contributed by atoms with Crippen molar-refractivity contribution in [2.45, 2.75) is 76.9 Å². The van der Waals surface area contributed by atoms with Crippen LogP contribution >= 0.6 is 0 Å². The maximum atomic E-state index is 12.0. The Hall–Kier alpha value is -1.72. The van der Waals surface area contributed by atoms with Gasteiger partial charge in [-0.25, -0.2) is 0 Å². The summed E-state index contributed by atoms with van der Waals surface area (Å²) < 4.78 is 0. The van der Waals surface area contributed by atoms with Crippen LogP contribution in [-0.4, -0.2) is 39.3 Å². The highest BCUT2D eigenvalue weighted by atomic mass is 16.4. The van der Waals surface area contributed by atoms with Crippen LogP contribution in [0.1, 0.15) is 64.7 Å². The van der Waals surface area contributed by atoms with Gasteiger partial charge in [-0.1, -0.05) is 50.5 Å². The van der Waals surface area contributed by atoms with Gasteiger partial charge in [-0.05, 0) is 31.3 Å². The smallest absolute Gasteiger partial charge is 0.303 e. The van der Waals surface area contributed by atoms with Gasteiger partial charge in [0.1, 0.15) is 0 Å². The highest BCUT2D eigenvalue weighted by molar-refractivity contribution is 6.00. The van der Waals surface area contributed by atoms with E-state index in [4.69, 9.17) is 5.11 Å². The van der Waals surface area contributed by atoms with Gasteiger partial charge in [0.05, 0.1) is 12.2 Å². The molecule has 0 bridgehead atoms. The van der Waals surface area contributed by atoms with E-state index in [0.717, 1.165) is 19.3 Å². The Bertz CT molecular complexity index is 530. The van der Waals surface area contributed by atoms with E-state index in [1.54, 1.807) is 12.2 Å². The summed E-state index contributed by atoms with van der Waals surface area (Å²) in [6.45, 7) is 2.11. The van der Waals surface area contributed by atoms with Gasteiger partial charge >= 0.3 is 5.97 Å². The minimum Gasteiger partial charge on any atom is -0.481 e. The zero-order chi connectivity index (χ0) is 18.7. The second-order valence-electron chi connectivity index (χ2n) is 6.46. The summed E-state index contributed by atoms with van der Waals surface area (Å²) in [7, 11) is 0. The zero-order valence-corrected chi connectivity index (χ0v) is 15.0. The molecule has 25 heavy (non-hydrogen) atoms. The molecule has 0 fully saturated rings. The van der Waals surface area contributed by atoms with Gasteiger partial charge in [0, 0.05) is 18.4 Å². The van der Waals surface area contributed by atoms with Crippen LogP contribution in [0.25, 0.3) is 0 Å². The van der Waals surface area contributed by atoms with E-state index in [1.165, 1.54) is 0 Å². The van der Waals surface area contributed by atoms with Crippen molar-refractivity contribution < 1.29 is 24.9 Å². The summed E-state index contributed by atoms with van der Waals surface area (Å²) >= 11 is 0. The van der Waals surface area contributed by atoms with Crippen LogP contribution in [0.3, 0.4) is 0 Å². The lowest BCUT2D eigenvalue weighted by atomic mass is 10.0. The SMILES string of the molecule is CCCCCC(O)/C=C/C1=C(C/C=C\CCCC(=O)O)C(=O)CC1O. The van der Waals surface area contributed by atoms with Crippen LogP contribution < -0.4 is 0 Å². The summed E-state index contributed by atoms with van der Waals surface area (Å²) in [6.07, 6.45) is 11.4. The van der Waals surface area contributed by atoms with E-state index in [9.17, 15) is 19.8 Å². The second-order valence-corrected chi connectivity index (χ2v) is 6.46. The van der Waals surface area contributed by atoms with Crippen LogP contribution in [0.4, 0.5) is 0 Å². The van der Waals surface area contributed by atoms with Crippen molar-refractivity contribution in [1.82, 2.24) is 0 Å². The van der Waals surface area contributed by atoms with E-state index < -0.39 is 18.2 Å². The molecule has 1 aliphatic rings. The number of ketones is 1. The summed E-state index contributed by atoms with van der Waals surface area (Å²) in [5.41, 5.74) is 1.17. The van der Waals surface area contributed by atoms with Crippen LogP contribution in [0, 0.1) is 0 Å². The summed E-state index contributed by atoms with van der Waals surface area (Å²) in [6, 6.07) is 0. The Labute approximate surface area is 149 Å². The molecule has 0 aromatic rings. The number of rotatable bonds is 12. The molecule has 0 heterocycles. The van der Waals surface area contributed by atoms with Crippen LogP contribution in [0.5, 0.6) is 0 Å². The number of aliphatic hydroxyl groups excluding tert-OH is 2. The number of carbonyl (C=O) groups is 2. The van der Waals surface area contributed by atoms with Gasteiger partial charge < -0.3 is 15.3 Å². The first-order valence-electron chi connectivity index (χ1n) is 9.13. The second kappa shape index (κ2) is 11.8. The molecular formula is C20H30O5. The van der Waals surface area contributed by atoms with Gasteiger partial charge in [-0.2, -0.15) is 0 Å². The van der Waals surface area contributed by atoms with Crippen molar-refractivity contribution in [2.24, 2.45) is 0 Å². The number of allylic oxidation sites excluding steroid dienone is 3. The summed E-state index contributed by atoms with van der Waals surface area (Å²) in [4.78, 5) is 22.5. The third-order valence-corrected chi connectivity index (χ3v) is 4.27. The molecule has 0 spiro atoms. The van der Waals surface area contributed by atoms with E-state index in [1.807, 2.05) is 12.2 Å². The molecule has 2 atom stereocenters. The number of carboxylic acid groups (broad SMARTS) is 1. The molecule has 5 nitrogen and oxygen atoms in total. The highest BCUT2D eigenvalue weighted by Crippen LogP contribution is 2.27. The topological polar surface area (TPSA) is 94.8 Å². The first-order valence-corrected chi connectivity index (χ1v) is 9.13. The van der Waals surface area contributed by atoms with Gasteiger partial charge in [-0.15, -0.1) is 0 Å². The molecular weight excluding hydrogens is 320 g/mol. The highest BCUT2D eigenvalue weighted by Gasteiger charge is 2.28. The van der Waals surface area contributed by atoms with Crippen molar-refractivity contribution in [1.29, 1.82) is 0 Å². The monoisotopic (exact) mass is 350 g/mol. The Morgan fingerprint density at radius 1 is 1.28 bits per heavy atom. The lowest BCUT2D eigenvalue weighted by Gasteiger charge is -2.07. The number of unbranched alkanes of at least 4 members (excludes halogenated alkanes) is 3.